The summed E-state index contributed by atoms with van der Waals surface area (Å²) in [7, 11) is 0. The summed E-state index contributed by atoms with van der Waals surface area (Å²) in [6.07, 6.45) is 0. The normalized spacial score (nSPS) is 0. The summed E-state index contributed by atoms with van der Waals surface area (Å²) in [4.78, 5) is 0. The van der Waals surface area contributed by atoms with Gasteiger partial charge in [-0.25, -0.2) is 0 Å². The van der Waals surface area contributed by atoms with Gasteiger partial charge >= 0.3 is 0 Å². The molecule has 7 heteroatoms. The Balaban J connectivity index is 0. The first-order chi connectivity index (χ1) is 0. The Morgan fingerprint density at radius 1 is 0.429 bits per heavy atom. The summed E-state index contributed by atoms with van der Waals surface area (Å²) >= 11 is 0. The average molecular weight is 185 g/mol. The molecule has 4 nitrogen and oxygen atoms in total. The van der Waals surface area contributed by atoms with Crippen LogP contribution in [0.4, 0.5) is 0 Å². The second-order valence-corrected chi connectivity index (χ2v) is 0. The van der Waals surface area contributed by atoms with Crippen LogP contribution in [-0.2, 0) is 16.5 Å². The van der Waals surface area contributed by atoms with E-state index in [1.165, 1.54) is 0 Å². The Morgan fingerprint density at radius 3 is 0.429 bits per heavy atom. The maximum Gasteiger partial charge on any atom is 0 e. The standard InChI is InChI=1S/2Al.Ni.4H2O/h;;;4*1H2. The zero-order valence-electron chi connectivity index (χ0n) is 3.47. The van der Waals surface area contributed by atoms with E-state index >= 15 is 0 Å². The molecule has 0 rings (SSSR count). The molecule has 0 unspecified atom stereocenters. The van der Waals surface area contributed by atoms with Gasteiger partial charge in [0.1, 0.15) is 0 Å². The minimum absolute atomic E-state index is 0. The van der Waals surface area contributed by atoms with Crippen molar-refractivity contribution in [3.63, 3.8) is 0 Å². The molecule has 0 aliphatic rings. The van der Waals surface area contributed by atoms with E-state index in [2.05, 4.69) is 0 Å². The SMILES string of the molecule is O.O.O.O.[Al].[Al].[Ni]. The third kappa shape index (κ3) is 110. The molecular weight excluding hydrogens is 177 g/mol. The predicted molar refractivity (Wildman–Crippen MR) is 26.0 cm³/mol. The number of hydrogen-bond acceptors (Lipinski definition) is 0. The van der Waals surface area contributed by atoms with Crippen molar-refractivity contribution in [1.29, 1.82) is 0 Å². The molecule has 0 saturated carbocycles. The maximum absolute atomic E-state index is 0. The van der Waals surface area contributed by atoms with Crippen LogP contribution in [-0.4, -0.2) is 56.6 Å². The fraction of sp³-hybridized carbons (Fsp3) is 0. The van der Waals surface area contributed by atoms with E-state index in [-0.39, 0.29) is 73.1 Å². The molecule has 0 aliphatic heterocycles. The molecule has 0 aromatic rings. The van der Waals surface area contributed by atoms with Crippen molar-refractivity contribution >= 4 is 34.7 Å². The second-order valence-electron chi connectivity index (χ2n) is 0. The first kappa shape index (κ1) is 235. The summed E-state index contributed by atoms with van der Waals surface area (Å²) in [5, 5.41) is 0. The van der Waals surface area contributed by atoms with Gasteiger partial charge in [0.15, 0.2) is 0 Å². The van der Waals surface area contributed by atoms with Crippen molar-refractivity contribution in [3.05, 3.63) is 0 Å². The van der Waals surface area contributed by atoms with Gasteiger partial charge in [-0.2, -0.15) is 0 Å². The van der Waals surface area contributed by atoms with Crippen LogP contribution in [0.15, 0.2) is 0 Å². The minimum Gasteiger partial charge on any atom is -0.412 e. The van der Waals surface area contributed by atoms with E-state index in [1.807, 2.05) is 0 Å². The van der Waals surface area contributed by atoms with Crippen LogP contribution in [0.5, 0.6) is 0 Å². The zero-order valence-corrected chi connectivity index (χ0v) is 6.77. The van der Waals surface area contributed by atoms with Crippen molar-refractivity contribution in [2.75, 3.05) is 0 Å². The van der Waals surface area contributed by atoms with Gasteiger partial charge in [0, 0.05) is 51.2 Å². The molecule has 6 radical (unpaired) electrons. The molecule has 0 heterocycles. The van der Waals surface area contributed by atoms with Gasteiger partial charge in [-0.05, 0) is 0 Å². The molecule has 0 fully saturated rings. The van der Waals surface area contributed by atoms with E-state index in [0.29, 0.717) is 0 Å². The van der Waals surface area contributed by atoms with Crippen molar-refractivity contribution < 1.29 is 38.4 Å². The Labute approximate surface area is 73.1 Å². The van der Waals surface area contributed by atoms with Crippen LogP contribution in [0.3, 0.4) is 0 Å². The quantitative estimate of drug-likeness (QED) is 0.340. The van der Waals surface area contributed by atoms with Crippen molar-refractivity contribution in [1.82, 2.24) is 0 Å². The Morgan fingerprint density at radius 2 is 0.429 bits per heavy atom. The van der Waals surface area contributed by atoms with Gasteiger partial charge in [0.25, 0.3) is 0 Å². The molecular formula is H8Al2NiO4. The van der Waals surface area contributed by atoms with Crippen LogP contribution in [0.1, 0.15) is 0 Å². The summed E-state index contributed by atoms with van der Waals surface area (Å²) in [5.74, 6) is 0. The van der Waals surface area contributed by atoms with E-state index < -0.39 is 0 Å². The summed E-state index contributed by atoms with van der Waals surface area (Å²) < 4.78 is 0. The van der Waals surface area contributed by atoms with Gasteiger partial charge in [-0.3, -0.25) is 0 Å². The first-order valence-electron chi connectivity index (χ1n) is 0. The summed E-state index contributed by atoms with van der Waals surface area (Å²) in [6.45, 7) is 0. The number of hydrogen-bond donors (Lipinski definition) is 0. The molecule has 0 saturated heterocycles. The van der Waals surface area contributed by atoms with Crippen molar-refractivity contribution in [3.8, 4) is 0 Å². The van der Waals surface area contributed by atoms with Crippen LogP contribution in [0, 0.1) is 0 Å². The van der Waals surface area contributed by atoms with E-state index in [9.17, 15) is 0 Å². The second kappa shape index (κ2) is 155. The van der Waals surface area contributed by atoms with Gasteiger partial charge in [-0.1, -0.05) is 0 Å². The molecule has 8 N–H and O–H groups in total. The monoisotopic (exact) mass is 184 g/mol. The smallest absolute Gasteiger partial charge is 0 e. The van der Waals surface area contributed by atoms with E-state index in [4.69, 9.17) is 0 Å². The minimum atomic E-state index is 0. The molecule has 0 atom stereocenters. The Kier molecular flexibility index (Phi) is 5200. The van der Waals surface area contributed by atoms with Crippen LogP contribution in [0.2, 0.25) is 0 Å². The van der Waals surface area contributed by atoms with Crippen LogP contribution in [0.25, 0.3) is 0 Å². The Bertz CT molecular complexity index is 9.65. The van der Waals surface area contributed by atoms with Gasteiger partial charge in [0.2, 0.25) is 0 Å². The predicted octanol–water partition coefficient (Wildman–Crippen LogP) is -4.06. The molecule has 0 aromatic heterocycles. The van der Waals surface area contributed by atoms with Gasteiger partial charge in [0.05, 0.1) is 0 Å². The summed E-state index contributed by atoms with van der Waals surface area (Å²) in [6, 6.07) is 0. The molecule has 0 bridgehead atoms. The van der Waals surface area contributed by atoms with Gasteiger partial charge < -0.3 is 21.9 Å². The van der Waals surface area contributed by atoms with Crippen LogP contribution >= 0.6 is 0 Å². The first-order valence-corrected chi connectivity index (χ1v) is 0. The topological polar surface area (TPSA) is 126 Å². The van der Waals surface area contributed by atoms with Gasteiger partial charge in [-0.15, -0.1) is 0 Å². The van der Waals surface area contributed by atoms with E-state index in [1.54, 1.807) is 0 Å². The fourth-order valence-corrected chi connectivity index (χ4v) is 0. The zero-order chi connectivity index (χ0) is 0. The fourth-order valence-electron chi connectivity index (χ4n) is 0. The third-order valence-electron chi connectivity index (χ3n) is 0. The third-order valence-corrected chi connectivity index (χ3v) is 0. The average Bonchev–Trinajstić information content (AvgIpc) is 0. The number of rotatable bonds is 0. The molecule has 0 aromatic carbocycles. The molecule has 0 aliphatic carbocycles. The van der Waals surface area contributed by atoms with Crippen LogP contribution < -0.4 is 0 Å². The van der Waals surface area contributed by atoms with Crippen molar-refractivity contribution in [2.24, 2.45) is 0 Å². The molecule has 48 valence electrons. The maximum atomic E-state index is 0. The largest absolute Gasteiger partial charge is 0.412 e. The Hall–Kier alpha value is 1.40. The molecule has 7 heavy (non-hydrogen) atoms. The summed E-state index contributed by atoms with van der Waals surface area (Å²) in [5.41, 5.74) is 0. The molecule has 0 spiro atoms. The van der Waals surface area contributed by atoms with E-state index in [0.717, 1.165) is 0 Å². The molecule has 0 amide bonds. The van der Waals surface area contributed by atoms with Crippen molar-refractivity contribution in [2.45, 2.75) is 0 Å².